The second-order valence-electron chi connectivity index (χ2n) is 12.7. The summed E-state index contributed by atoms with van der Waals surface area (Å²) < 4.78 is 22.7. The zero-order chi connectivity index (χ0) is 32.5. The smallest absolute Gasteiger partial charge is 0.168 e. The second kappa shape index (κ2) is 10.8. The molecule has 9 rings (SSSR count). The van der Waals surface area contributed by atoms with Crippen molar-refractivity contribution in [3.63, 3.8) is 0 Å². The van der Waals surface area contributed by atoms with Crippen LogP contribution in [0.5, 0.6) is 0 Å². The molecule has 3 aliphatic rings. The van der Waals surface area contributed by atoms with Crippen LogP contribution in [0.1, 0.15) is 40.0 Å². The molecule has 3 aliphatic carbocycles. The number of furan rings is 1. The Labute approximate surface area is 281 Å². The van der Waals surface area contributed by atoms with Crippen molar-refractivity contribution in [3.8, 4) is 22.3 Å². The molecule has 0 aliphatic heterocycles. The lowest BCUT2D eigenvalue weighted by atomic mass is 9.69. The highest BCUT2D eigenvalue weighted by Crippen LogP contribution is 2.66. The van der Waals surface area contributed by atoms with Gasteiger partial charge >= 0.3 is 0 Å². The van der Waals surface area contributed by atoms with Gasteiger partial charge in [0.2, 0.25) is 0 Å². The van der Waals surface area contributed by atoms with Crippen LogP contribution in [0.3, 0.4) is 0 Å². The summed E-state index contributed by atoms with van der Waals surface area (Å²) in [5.41, 5.74) is 10.7. The van der Waals surface area contributed by atoms with Gasteiger partial charge in [-0.3, -0.25) is 0 Å². The number of fused-ring (bicyclic) bond motifs is 12. The lowest BCUT2D eigenvalue weighted by molar-refractivity contribution is 0.577. The minimum atomic E-state index is -3.30. The Bertz CT molecular complexity index is 2490. The van der Waals surface area contributed by atoms with Crippen molar-refractivity contribution < 1.29 is 8.98 Å². The molecular weight excluding hydrogens is 603 g/mol. The van der Waals surface area contributed by atoms with Gasteiger partial charge in [-0.15, -0.1) is 0 Å². The van der Waals surface area contributed by atoms with Gasteiger partial charge in [0.25, 0.3) is 0 Å². The van der Waals surface area contributed by atoms with E-state index in [1.165, 1.54) is 27.8 Å². The maximum Gasteiger partial charge on any atom is 0.168 e. The summed E-state index contributed by atoms with van der Waals surface area (Å²) in [6, 6.07) is 38.5. The molecule has 2 unspecified atom stereocenters. The van der Waals surface area contributed by atoms with Crippen LogP contribution >= 0.6 is 7.14 Å². The summed E-state index contributed by atoms with van der Waals surface area (Å²) in [5, 5.41) is 3.78. The maximum absolute atomic E-state index is 16.2. The molecule has 0 amide bonds. The third-order valence-electron chi connectivity index (χ3n) is 10.4. The van der Waals surface area contributed by atoms with Gasteiger partial charge in [-0.2, -0.15) is 0 Å². The van der Waals surface area contributed by atoms with Gasteiger partial charge in [-0.1, -0.05) is 158 Å². The van der Waals surface area contributed by atoms with E-state index >= 15 is 4.57 Å². The van der Waals surface area contributed by atoms with Crippen LogP contribution in [0.15, 0.2) is 168 Å². The van der Waals surface area contributed by atoms with E-state index in [9.17, 15) is 0 Å². The summed E-state index contributed by atoms with van der Waals surface area (Å²) in [7, 11) is -3.30. The average Bonchev–Trinajstić information content (AvgIpc) is 3.61. The zero-order valence-electron chi connectivity index (χ0n) is 26.7. The number of hydrogen-bond donors (Lipinski definition) is 0. The zero-order valence-corrected chi connectivity index (χ0v) is 27.6. The van der Waals surface area contributed by atoms with Gasteiger partial charge in [0.05, 0.1) is 5.41 Å². The van der Waals surface area contributed by atoms with Crippen LogP contribution in [0.4, 0.5) is 0 Å². The highest BCUT2D eigenvalue weighted by molar-refractivity contribution is 7.82. The van der Waals surface area contributed by atoms with Gasteiger partial charge in [-0.05, 0) is 63.9 Å². The lowest BCUT2D eigenvalue weighted by Gasteiger charge is -2.31. The molecule has 1 heterocycles. The van der Waals surface area contributed by atoms with E-state index in [0.717, 1.165) is 54.9 Å². The molecule has 3 heteroatoms. The molecule has 6 aromatic rings. The topological polar surface area (TPSA) is 30.2 Å². The molecule has 0 saturated heterocycles. The fourth-order valence-electron chi connectivity index (χ4n) is 8.52. The fourth-order valence-corrected chi connectivity index (χ4v) is 11.5. The first kappa shape index (κ1) is 28.8. The van der Waals surface area contributed by atoms with Crippen LogP contribution in [0.2, 0.25) is 0 Å². The van der Waals surface area contributed by atoms with Gasteiger partial charge in [0.1, 0.15) is 11.3 Å². The van der Waals surface area contributed by atoms with Crippen LogP contribution in [-0.2, 0) is 9.98 Å². The molecule has 0 radical (unpaired) electrons. The Morgan fingerprint density at radius 2 is 1.48 bits per heavy atom. The molecule has 230 valence electrons. The quantitative estimate of drug-likeness (QED) is 0.139. The number of hydrogen-bond acceptors (Lipinski definition) is 2. The predicted molar refractivity (Wildman–Crippen MR) is 201 cm³/mol. The highest BCUT2D eigenvalue weighted by atomic mass is 31.2. The van der Waals surface area contributed by atoms with Gasteiger partial charge < -0.3 is 8.98 Å². The summed E-state index contributed by atoms with van der Waals surface area (Å²) in [5.74, 6) is 0.873. The molecule has 1 aromatic heterocycles. The lowest BCUT2D eigenvalue weighted by Crippen LogP contribution is -2.27. The molecule has 5 aromatic carbocycles. The molecule has 0 saturated carbocycles. The van der Waals surface area contributed by atoms with Crippen LogP contribution in [-0.4, -0.2) is 0 Å². The van der Waals surface area contributed by atoms with Crippen molar-refractivity contribution >= 4 is 34.8 Å². The standard InChI is InChI=1S/C45H33O2P/c1-3-4-21-33-30(2)47-40-29-28-35-34-22-12-14-24-37(34)45(44(35)43(33)40)38-25-15-13-23-36(38)42-39(45)26-16-27-41(42)48(46,32-19-10-7-11-20-32)31-17-8-5-6-9-18-31/h3-17,19-29H,1,18H2,2H3/b21-4-. The van der Waals surface area contributed by atoms with E-state index in [1.54, 1.807) is 0 Å². The minimum Gasteiger partial charge on any atom is -0.461 e. The average molecular weight is 637 g/mol. The summed E-state index contributed by atoms with van der Waals surface area (Å²) in [6.07, 6.45) is 16.8. The summed E-state index contributed by atoms with van der Waals surface area (Å²) in [4.78, 5) is 0. The van der Waals surface area contributed by atoms with Gasteiger partial charge in [0.15, 0.2) is 7.14 Å². The third kappa shape index (κ3) is 3.73. The Kier molecular flexibility index (Phi) is 6.48. The molecule has 0 fully saturated rings. The first-order valence-corrected chi connectivity index (χ1v) is 18.2. The Hall–Kier alpha value is -5.43. The van der Waals surface area contributed by atoms with E-state index in [1.807, 2.05) is 67.6 Å². The van der Waals surface area contributed by atoms with Gasteiger partial charge in [-0.25, -0.2) is 0 Å². The van der Waals surface area contributed by atoms with Crippen molar-refractivity contribution in [2.24, 2.45) is 0 Å². The SMILES string of the molecule is C=C/C=C\c1c(C)oc2ccc3c(c12)C1(c2ccccc2-3)c2ccccc2-c2c1cccc2P(=O)(C1=CC=CC=CC1)c1ccccc1. The highest BCUT2D eigenvalue weighted by Gasteiger charge is 2.54. The van der Waals surface area contributed by atoms with Crippen molar-refractivity contribution in [3.05, 3.63) is 197 Å². The molecular formula is C45H33O2P. The first-order valence-electron chi connectivity index (χ1n) is 16.5. The van der Waals surface area contributed by atoms with Crippen LogP contribution in [0.25, 0.3) is 39.3 Å². The van der Waals surface area contributed by atoms with Crippen LogP contribution < -0.4 is 10.6 Å². The van der Waals surface area contributed by atoms with E-state index < -0.39 is 12.6 Å². The third-order valence-corrected chi connectivity index (χ3v) is 13.6. The Morgan fingerprint density at radius 1 is 0.750 bits per heavy atom. The normalized spacial score (nSPS) is 18.3. The summed E-state index contributed by atoms with van der Waals surface area (Å²) in [6.45, 7) is 5.99. The van der Waals surface area contributed by atoms with Crippen molar-refractivity contribution in [2.45, 2.75) is 18.8 Å². The largest absolute Gasteiger partial charge is 0.461 e. The second-order valence-corrected chi connectivity index (χ2v) is 15.5. The Balaban J connectivity index is 1.46. The molecule has 1 spiro atoms. The number of rotatable bonds is 5. The molecule has 2 atom stereocenters. The molecule has 48 heavy (non-hydrogen) atoms. The number of allylic oxidation sites excluding steroid dienone is 8. The maximum atomic E-state index is 16.2. The van der Waals surface area contributed by atoms with E-state index in [2.05, 4.69) is 104 Å². The molecule has 0 bridgehead atoms. The van der Waals surface area contributed by atoms with E-state index in [4.69, 9.17) is 4.42 Å². The number of aryl methyl sites for hydroxylation is 1. The molecule has 2 nitrogen and oxygen atoms in total. The first-order chi connectivity index (χ1) is 23.6. The predicted octanol–water partition coefficient (Wildman–Crippen LogP) is 11.0. The monoisotopic (exact) mass is 636 g/mol. The minimum absolute atomic E-state index is 0.620. The Morgan fingerprint density at radius 3 is 2.29 bits per heavy atom. The van der Waals surface area contributed by atoms with Gasteiger partial charge in [0, 0.05) is 26.9 Å². The van der Waals surface area contributed by atoms with Crippen molar-refractivity contribution in [1.29, 1.82) is 0 Å². The van der Waals surface area contributed by atoms with E-state index in [-0.39, 0.29) is 0 Å². The van der Waals surface area contributed by atoms with Crippen molar-refractivity contribution in [2.75, 3.05) is 0 Å². The molecule has 0 N–H and O–H groups in total. The van der Waals surface area contributed by atoms with E-state index in [0.29, 0.717) is 6.42 Å². The van der Waals surface area contributed by atoms with Crippen LogP contribution in [0, 0.1) is 6.92 Å². The summed E-state index contributed by atoms with van der Waals surface area (Å²) >= 11 is 0. The fraction of sp³-hybridized carbons (Fsp3) is 0.0667. The van der Waals surface area contributed by atoms with Crippen molar-refractivity contribution in [1.82, 2.24) is 0 Å². The number of benzene rings is 5.